The van der Waals surface area contributed by atoms with Crippen LogP contribution >= 0.6 is 39.1 Å². The number of hydrogen-bond donors (Lipinski definition) is 2. The van der Waals surface area contributed by atoms with Crippen molar-refractivity contribution in [1.82, 2.24) is 15.3 Å². The molecule has 0 unspecified atom stereocenters. The first kappa shape index (κ1) is 21.2. The third kappa shape index (κ3) is 5.53. The maximum atomic E-state index is 12.3. The predicted molar refractivity (Wildman–Crippen MR) is 117 cm³/mol. The van der Waals surface area contributed by atoms with E-state index in [-0.39, 0.29) is 21.4 Å². The van der Waals surface area contributed by atoms with E-state index in [2.05, 4.69) is 36.5 Å². The number of rotatable bonds is 4. The summed E-state index contributed by atoms with van der Waals surface area (Å²) in [7, 11) is 0. The summed E-state index contributed by atoms with van der Waals surface area (Å²) in [4.78, 5) is 33.1. The average molecular weight is 494 g/mol. The average Bonchev–Trinajstić information content (AvgIpc) is 2.65. The van der Waals surface area contributed by atoms with Gasteiger partial charge in [-0.1, -0.05) is 57.3 Å². The van der Waals surface area contributed by atoms with Crippen molar-refractivity contribution in [3.8, 4) is 0 Å². The van der Waals surface area contributed by atoms with Crippen LogP contribution in [0.2, 0.25) is 10.0 Å². The van der Waals surface area contributed by atoms with Crippen LogP contribution in [-0.2, 0) is 6.42 Å². The Morgan fingerprint density at radius 2 is 1.72 bits per heavy atom. The summed E-state index contributed by atoms with van der Waals surface area (Å²) in [6.07, 6.45) is 2.05. The third-order valence-corrected chi connectivity index (χ3v) is 5.15. The second-order valence-corrected chi connectivity index (χ2v) is 7.83. The van der Waals surface area contributed by atoms with Gasteiger partial charge in [-0.05, 0) is 36.8 Å². The molecular weight excluding hydrogens is 479 g/mol. The van der Waals surface area contributed by atoms with Crippen molar-refractivity contribution in [1.29, 1.82) is 0 Å². The first-order valence-corrected chi connectivity index (χ1v) is 10.0. The highest BCUT2D eigenvalue weighted by molar-refractivity contribution is 9.10. The molecule has 0 aliphatic heterocycles. The Kier molecular flexibility index (Phi) is 6.84. The molecule has 1 heterocycles. The molecule has 0 saturated carbocycles. The summed E-state index contributed by atoms with van der Waals surface area (Å²) in [5.41, 5.74) is 2.58. The number of benzene rings is 2. The molecule has 0 fully saturated rings. The molecule has 0 aliphatic rings. The molecule has 0 bridgehead atoms. The number of nitrogens with one attached hydrogen (secondary N) is 2. The minimum absolute atomic E-state index is 0.0260. The molecule has 1 aromatic heterocycles. The van der Waals surface area contributed by atoms with E-state index in [0.29, 0.717) is 12.1 Å². The number of halogens is 3. The second-order valence-electron chi connectivity index (χ2n) is 6.10. The Balaban J connectivity index is 1.65. The number of carbonyl (C=O) groups excluding carboxylic acids is 2. The lowest BCUT2D eigenvalue weighted by Crippen LogP contribution is -2.35. The summed E-state index contributed by atoms with van der Waals surface area (Å²) in [5, 5.41) is 4.96. The van der Waals surface area contributed by atoms with Gasteiger partial charge >= 0.3 is 6.03 Å². The van der Waals surface area contributed by atoms with Crippen molar-refractivity contribution in [3.05, 3.63) is 85.7 Å². The fourth-order valence-electron chi connectivity index (χ4n) is 2.56. The molecule has 2 aromatic carbocycles. The number of nitrogens with zero attached hydrogens (tertiary/aromatic N) is 2. The number of hydrogen-bond acceptors (Lipinski definition) is 4. The largest absolute Gasteiger partial charge is 0.327 e. The highest BCUT2D eigenvalue weighted by atomic mass is 79.9. The topological polar surface area (TPSA) is 84.0 Å². The maximum Gasteiger partial charge on any atom is 0.327 e. The lowest BCUT2D eigenvalue weighted by atomic mass is 10.1. The van der Waals surface area contributed by atoms with Gasteiger partial charge in [0.15, 0.2) is 5.82 Å². The van der Waals surface area contributed by atoms with E-state index in [9.17, 15) is 9.59 Å². The molecule has 0 saturated heterocycles. The van der Waals surface area contributed by atoms with E-state index in [0.717, 1.165) is 15.7 Å². The van der Waals surface area contributed by atoms with Crippen molar-refractivity contribution in [3.63, 3.8) is 0 Å². The van der Waals surface area contributed by atoms with E-state index in [1.807, 2.05) is 24.3 Å². The van der Waals surface area contributed by atoms with Gasteiger partial charge in [0.1, 0.15) is 0 Å². The van der Waals surface area contributed by atoms with Crippen LogP contribution in [0.3, 0.4) is 0 Å². The van der Waals surface area contributed by atoms with E-state index < -0.39 is 11.9 Å². The lowest BCUT2D eigenvalue weighted by molar-refractivity contribution is 0.0967. The van der Waals surface area contributed by atoms with Crippen LogP contribution < -0.4 is 10.6 Å². The van der Waals surface area contributed by atoms with Gasteiger partial charge in [-0.15, -0.1) is 0 Å². The van der Waals surface area contributed by atoms with Gasteiger partial charge in [-0.2, -0.15) is 0 Å². The van der Waals surface area contributed by atoms with Crippen LogP contribution in [0, 0.1) is 6.92 Å². The van der Waals surface area contributed by atoms with Crippen LogP contribution in [0.25, 0.3) is 0 Å². The lowest BCUT2D eigenvalue weighted by Gasteiger charge is -2.10. The molecule has 0 radical (unpaired) electrons. The van der Waals surface area contributed by atoms with Gasteiger partial charge in [0.05, 0.1) is 33.2 Å². The van der Waals surface area contributed by atoms with Gasteiger partial charge in [0.2, 0.25) is 0 Å². The smallest absolute Gasteiger partial charge is 0.291 e. The van der Waals surface area contributed by atoms with E-state index in [4.69, 9.17) is 23.2 Å². The minimum atomic E-state index is -0.764. The molecule has 0 spiro atoms. The molecule has 2 N–H and O–H groups in total. The quantitative estimate of drug-likeness (QED) is 0.509. The molecule has 148 valence electrons. The number of imide groups is 1. The normalized spacial score (nSPS) is 10.5. The summed E-state index contributed by atoms with van der Waals surface area (Å²) in [6.45, 7) is 1.80. The number of carbonyl (C=O) groups is 2. The van der Waals surface area contributed by atoms with Crippen LogP contribution in [0.15, 0.2) is 53.1 Å². The Labute approximate surface area is 185 Å². The Bertz CT molecular complexity index is 1050. The Morgan fingerprint density at radius 3 is 2.34 bits per heavy atom. The molecule has 0 aliphatic carbocycles. The number of urea groups is 1. The zero-order valence-electron chi connectivity index (χ0n) is 15.2. The van der Waals surface area contributed by atoms with Gasteiger partial charge < -0.3 is 0 Å². The number of aryl methyl sites for hydroxylation is 1. The number of aromatic nitrogens is 2. The van der Waals surface area contributed by atoms with Crippen LogP contribution in [-0.4, -0.2) is 21.9 Å². The van der Waals surface area contributed by atoms with Crippen LogP contribution in [0.5, 0.6) is 0 Å². The first-order valence-electron chi connectivity index (χ1n) is 8.47. The van der Waals surface area contributed by atoms with Gasteiger partial charge in [-0.25, -0.2) is 9.78 Å². The first-order chi connectivity index (χ1) is 13.8. The van der Waals surface area contributed by atoms with Gasteiger partial charge in [0, 0.05) is 10.9 Å². The molecule has 3 amide bonds. The van der Waals surface area contributed by atoms with E-state index in [1.54, 1.807) is 13.0 Å². The minimum Gasteiger partial charge on any atom is -0.291 e. The number of anilines is 1. The standard InChI is InChI=1S/C20H15BrCl2N4O2/c1-11-16(9-12-5-7-13(21)8-6-12)24-10-17(25-11)26-20(29)27-19(28)18-14(22)3-2-4-15(18)23/h2-8,10H,9H2,1H3,(H2,25,26,27,28,29). The SMILES string of the molecule is Cc1nc(NC(=O)NC(=O)c2c(Cl)cccc2Cl)cnc1Cc1ccc(Br)cc1. The van der Waals surface area contributed by atoms with Gasteiger partial charge in [-0.3, -0.25) is 20.4 Å². The van der Waals surface area contributed by atoms with Crippen LogP contribution in [0.1, 0.15) is 27.3 Å². The second kappa shape index (κ2) is 9.35. The fraction of sp³-hybridized carbons (Fsp3) is 0.100. The fourth-order valence-corrected chi connectivity index (χ4v) is 3.40. The monoisotopic (exact) mass is 492 g/mol. The molecule has 0 atom stereocenters. The van der Waals surface area contributed by atoms with Crippen molar-refractivity contribution in [2.75, 3.05) is 5.32 Å². The zero-order valence-corrected chi connectivity index (χ0v) is 18.3. The molecule has 3 rings (SSSR count). The molecule has 29 heavy (non-hydrogen) atoms. The molecule has 9 heteroatoms. The molecule has 6 nitrogen and oxygen atoms in total. The zero-order chi connectivity index (χ0) is 21.0. The summed E-state index contributed by atoms with van der Waals surface area (Å²) >= 11 is 15.4. The van der Waals surface area contributed by atoms with Crippen molar-refractivity contribution >= 4 is 56.9 Å². The highest BCUT2D eigenvalue weighted by Gasteiger charge is 2.17. The highest BCUT2D eigenvalue weighted by Crippen LogP contribution is 2.24. The van der Waals surface area contributed by atoms with Crippen molar-refractivity contribution in [2.45, 2.75) is 13.3 Å². The third-order valence-electron chi connectivity index (χ3n) is 3.99. The predicted octanol–water partition coefficient (Wildman–Crippen LogP) is 5.41. The van der Waals surface area contributed by atoms with Crippen LogP contribution in [0.4, 0.5) is 10.6 Å². The van der Waals surface area contributed by atoms with Crippen molar-refractivity contribution < 1.29 is 9.59 Å². The Hall–Kier alpha value is -2.48. The summed E-state index contributed by atoms with van der Waals surface area (Å²) in [5.74, 6) is -0.493. The molecule has 3 aromatic rings. The number of amides is 3. The summed E-state index contributed by atoms with van der Waals surface area (Å²) < 4.78 is 1.00. The van der Waals surface area contributed by atoms with Gasteiger partial charge in [0.25, 0.3) is 5.91 Å². The summed E-state index contributed by atoms with van der Waals surface area (Å²) in [6, 6.07) is 11.8. The van der Waals surface area contributed by atoms with Crippen molar-refractivity contribution in [2.24, 2.45) is 0 Å². The van der Waals surface area contributed by atoms with E-state index in [1.165, 1.54) is 18.3 Å². The Morgan fingerprint density at radius 1 is 1.07 bits per heavy atom. The molecular formula is C20H15BrCl2N4O2. The van der Waals surface area contributed by atoms with E-state index >= 15 is 0 Å². The maximum absolute atomic E-state index is 12.3.